The Bertz CT molecular complexity index is 1130. The quantitative estimate of drug-likeness (QED) is 0.592. The van der Waals surface area contributed by atoms with Crippen LogP contribution >= 0.6 is 11.6 Å². The molecule has 3 aromatic rings. The van der Waals surface area contributed by atoms with Gasteiger partial charge in [-0.25, -0.2) is 0 Å². The van der Waals surface area contributed by atoms with Gasteiger partial charge in [-0.05, 0) is 54.2 Å². The summed E-state index contributed by atoms with van der Waals surface area (Å²) in [4.78, 5) is 9.52. The minimum absolute atomic E-state index is 0.0423. The highest BCUT2D eigenvalue weighted by molar-refractivity contribution is 6.32. The molecule has 1 N–H and O–H groups in total. The molecule has 0 amide bonds. The molecule has 1 aromatic heterocycles. The van der Waals surface area contributed by atoms with Crippen LogP contribution in [0.15, 0.2) is 36.5 Å². The number of methoxy groups -OCH3 is 1. The zero-order chi connectivity index (χ0) is 22.8. The Labute approximate surface area is 199 Å². The van der Waals surface area contributed by atoms with Gasteiger partial charge in [0.15, 0.2) is 11.5 Å². The number of halogens is 1. The third kappa shape index (κ3) is 4.74. The first-order chi connectivity index (χ1) is 16.1. The van der Waals surface area contributed by atoms with Crippen molar-refractivity contribution in [3.8, 4) is 22.6 Å². The Balaban J connectivity index is 1.38. The maximum atomic E-state index is 10.1. The summed E-state index contributed by atoms with van der Waals surface area (Å²) in [6, 6.07) is 13.1. The van der Waals surface area contributed by atoms with E-state index in [0.29, 0.717) is 5.75 Å². The summed E-state index contributed by atoms with van der Waals surface area (Å²) >= 11 is 6.24. The average Bonchev–Trinajstić information content (AvgIpc) is 2.86. The highest BCUT2D eigenvalue weighted by Crippen LogP contribution is 2.39. The monoisotopic (exact) mass is 466 g/mol. The number of pyridine rings is 1. The fourth-order valence-corrected chi connectivity index (χ4v) is 5.12. The molecule has 0 saturated carbocycles. The van der Waals surface area contributed by atoms with Gasteiger partial charge in [0, 0.05) is 50.4 Å². The summed E-state index contributed by atoms with van der Waals surface area (Å²) in [6.07, 6.45) is 4.14. The molecule has 6 nitrogen and oxygen atoms in total. The van der Waals surface area contributed by atoms with Crippen molar-refractivity contribution in [1.29, 1.82) is 0 Å². The summed E-state index contributed by atoms with van der Waals surface area (Å²) in [5, 5.41) is 11.4. The standard InChI is InChI=1S/C26H29ClN3O3/c1-32-25-16-20(15-22(27)26(25)31)19-2-3-23-21(14-19)24(4-7-28-23)30-8-5-18(6-9-30)17-29-10-12-33-13-11-29/h2-3,7,14-16,18,31H,5-6,8-13,17H2,1H3. The van der Waals surface area contributed by atoms with Crippen LogP contribution in [0.5, 0.6) is 11.5 Å². The van der Waals surface area contributed by atoms with E-state index in [1.54, 1.807) is 18.3 Å². The maximum Gasteiger partial charge on any atom is 0.176 e. The van der Waals surface area contributed by atoms with E-state index in [1.165, 1.54) is 26.5 Å². The molecular formula is C26H29ClN3O3. The molecule has 0 aliphatic carbocycles. The largest absolute Gasteiger partial charge is 0.503 e. The van der Waals surface area contributed by atoms with Crippen LogP contribution in [0.4, 0.5) is 5.69 Å². The van der Waals surface area contributed by atoms with E-state index in [4.69, 9.17) is 21.1 Å². The van der Waals surface area contributed by atoms with E-state index in [9.17, 15) is 5.11 Å². The number of fused-ring (bicyclic) bond motifs is 1. The Morgan fingerprint density at radius 1 is 1.12 bits per heavy atom. The van der Waals surface area contributed by atoms with Gasteiger partial charge < -0.3 is 19.5 Å². The molecule has 0 bridgehead atoms. The molecule has 173 valence electrons. The number of ether oxygens (including phenoxy) is 2. The predicted molar refractivity (Wildman–Crippen MR) is 131 cm³/mol. The highest BCUT2D eigenvalue weighted by atomic mass is 35.5. The summed E-state index contributed by atoms with van der Waals surface area (Å²) in [5.41, 5.74) is 3.92. The van der Waals surface area contributed by atoms with E-state index < -0.39 is 0 Å². The molecule has 2 aliphatic heterocycles. The van der Waals surface area contributed by atoms with Gasteiger partial charge in [-0.1, -0.05) is 17.7 Å². The SMILES string of the molecule is COc1cc(-c2ccc3nc[c]c(N4CCC(CN5CCOCC5)CC4)c3c2)cc(Cl)c1O. The Morgan fingerprint density at radius 3 is 2.67 bits per heavy atom. The third-order valence-electron chi connectivity index (χ3n) is 6.79. The van der Waals surface area contributed by atoms with Gasteiger partial charge in [0.2, 0.25) is 0 Å². The summed E-state index contributed by atoms with van der Waals surface area (Å²) in [6.45, 7) is 7.04. The number of phenolic OH excluding ortho intramolecular Hbond substituents is 1. The van der Waals surface area contributed by atoms with Crippen LogP contribution in [0.2, 0.25) is 5.02 Å². The van der Waals surface area contributed by atoms with Crippen molar-refractivity contribution < 1.29 is 14.6 Å². The number of hydrogen-bond acceptors (Lipinski definition) is 6. The summed E-state index contributed by atoms with van der Waals surface area (Å²) in [5.74, 6) is 1.05. The van der Waals surface area contributed by atoms with Crippen LogP contribution < -0.4 is 9.64 Å². The number of piperidine rings is 1. The maximum absolute atomic E-state index is 10.1. The topological polar surface area (TPSA) is 58.1 Å². The van der Waals surface area contributed by atoms with Crippen LogP contribution in [-0.4, -0.2) is 68.0 Å². The lowest BCUT2D eigenvalue weighted by Gasteiger charge is -2.37. The number of nitrogens with zero attached hydrogens (tertiary/aromatic N) is 3. The molecule has 1 radical (unpaired) electrons. The summed E-state index contributed by atoms with van der Waals surface area (Å²) < 4.78 is 10.8. The lowest BCUT2D eigenvalue weighted by molar-refractivity contribution is 0.0289. The molecule has 0 unspecified atom stereocenters. The number of anilines is 1. The van der Waals surface area contributed by atoms with Gasteiger partial charge >= 0.3 is 0 Å². The van der Waals surface area contributed by atoms with Gasteiger partial charge in [-0.15, -0.1) is 0 Å². The number of morpholine rings is 1. The van der Waals surface area contributed by atoms with Gasteiger partial charge in [0.05, 0.1) is 36.6 Å². The van der Waals surface area contributed by atoms with Crippen LogP contribution in [0.3, 0.4) is 0 Å². The van der Waals surface area contributed by atoms with Crippen molar-refractivity contribution in [3.63, 3.8) is 0 Å². The zero-order valence-electron chi connectivity index (χ0n) is 18.9. The van der Waals surface area contributed by atoms with Gasteiger partial charge in [-0.3, -0.25) is 9.88 Å². The number of rotatable bonds is 5. The molecule has 33 heavy (non-hydrogen) atoms. The second-order valence-corrected chi connectivity index (χ2v) is 9.24. The average molecular weight is 467 g/mol. The molecule has 7 heteroatoms. The number of benzene rings is 2. The van der Waals surface area contributed by atoms with Crippen molar-refractivity contribution in [2.45, 2.75) is 12.8 Å². The molecule has 2 fully saturated rings. The second kappa shape index (κ2) is 9.75. The predicted octanol–water partition coefficient (Wildman–Crippen LogP) is 4.62. The van der Waals surface area contributed by atoms with Gasteiger partial charge in [0.25, 0.3) is 0 Å². The van der Waals surface area contributed by atoms with Crippen molar-refractivity contribution >= 4 is 28.2 Å². The molecular weight excluding hydrogens is 438 g/mol. The van der Waals surface area contributed by atoms with Crippen molar-refractivity contribution in [2.75, 3.05) is 57.9 Å². The number of hydrogen-bond donors (Lipinski definition) is 1. The highest BCUT2D eigenvalue weighted by Gasteiger charge is 2.24. The van der Waals surface area contributed by atoms with E-state index in [2.05, 4.69) is 26.9 Å². The fraction of sp³-hybridized carbons (Fsp3) is 0.423. The molecule has 2 aromatic carbocycles. The van der Waals surface area contributed by atoms with E-state index >= 15 is 0 Å². The lowest BCUT2D eigenvalue weighted by atomic mass is 9.95. The van der Waals surface area contributed by atoms with Crippen molar-refractivity contribution in [2.24, 2.45) is 5.92 Å². The molecule has 0 atom stereocenters. The Morgan fingerprint density at radius 2 is 1.91 bits per heavy atom. The Kier molecular flexibility index (Phi) is 6.58. The van der Waals surface area contributed by atoms with Gasteiger partial charge in [0.1, 0.15) is 0 Å². The number of aromatic hydroxyl groups is 1. The molecule has 5 rings (SSSR count). The van der Waals surface area contributed by atoms with Crippen molar-refractivity contribution in [3.05, 3.63) is 47.6 Å². The zero-order valence-corrected chi connectivity index (χ0v) is 19.6. The first-order valence-electron chi connectivity index (χ1n) is 11.5. The minimum Gasteiger partial charge on any atom is -0.503 e. The van der Waals surface area contributed by atoms with E-state index in [-0.39, 0.29) is 10.8 Å². The number of aromatic nitrogens is 1. The van der Waals surface area contributed by atoms with Gasteiger partial charge in [-0.2, -0.15) is 0 Å². The van der Waals surface area contributed by atoms with Crippen LogP contribution in [0.1, 0.15) is 12.8 Å². The molecule has 3 heterocycles. The van der Waals surface area contributed by atoms with Crippen LogP contribution in [0, 0.1) is 12.0 Å². The van der Waals surface area contributed by atoms with E-state index in [1.807, 2.05) is 12.1 Å². The fourth-order valence-electron chi connectivity index (χ4n) is 4.90. The molecule has 0 spiro atoms. The van der Waals surface area contributed by atoms with Crippen molar-refractivity contribution in [1.82, 2.24) is 9.88 Å². The molecule has 2 aliphatic rings. The number of phenols is 1. The first-order valence-corrected chi connectivity index (χ1v) is 11.9. The Hall–Kier alpha value is -2.54. The second-order valence-electron chi connectivity index (χ2n) is 8.84. The summed E-state index contributed by atoms with van der Waals surface area (Å²) in [7, 11) is 1.52. The third-order valence-corrected chi connectivity index (χ3v) is 7.08. The minimum atomic E-state index is -0.0423. The smallest absolute Gasteiger partial charge is 0.176 e. The lowest BCUT2D eigenvalue weighted by Crippen LogP contribution is -2.43. The van der Waals surface area contributed by atoms with Crippen LogP contribution in [-0.2, 0) is 4.74 Å². The molecule has 2 saturated heterocycles. The van der Waals surface area contributed by atoms with E-state index in [0.717, 1.165) is 73.0 Å². The van der Waals surface area contributed by atoms with Crippen LogP contribution in [0.25, 0.3) is 22.0 Å². The normalized spacial score (nSPS) is 18.1. The first kappa shape index (κ1) is 22.3.